The number of nitrogens with zero attached hydrogens (tertiary/aromatic N) is 1. The molecule has 0 bridgehead atoms. The lowest BCUT2D eigenvalue weighted by molar-refractivity contribution is -0.136. The molecule has 0 saturated heterocycles. The fourth-order valence-corrected chi connectivity index (χ4v) is 1.47. The summed E-state index contributed by atoms with van der Waals surface area (Å²) in [6.07, 6.45) is -4.74. The fraction of sp³-hybridized carbons (Fsp3) is 0.111. The summed E-state index contributed by atoms with van der Waals surface area (Å²) < 4.78 is 37.5. The third-order valence-electron chi connectivity index (χ3n) is 2.19. The van der Waals surface area contributed by atoms with Gasteiger partial charge in [-0.05, 0) is 12.1 Å². The van der Waals surface area contributed by atoms with E-state index in [2.05, 4.69) is 0 Å². The number of rotatable bonds is 0. The Morgan fingerprint density at radius 1 is 1.24 bits per heavy atom. The lowest BCUT2D eigenvalue weighted by Crippen LogP contribution is -2.36. The van der Waals surface area contributed by atoms with E-state index in [0.717, 1.165) is 12.1 Å². The van der Waals surface area contributed by atoms with Crippen molar-refractivity contribution < 1.29 is 18.4 Å². The average molecular weight is 246 g/mol. The minimum absolute atomic E-state index is 0.271. The number of aromatic nitrogens is 2. The molecule has 2 aromatic rings. The Hall–Kier alpha value is -2.25. The normalized spacial score (nSPS) is 11.9. The zero-order valence-electron chi connectivity index (χ0n) is 8.08. The molecular formula is C9H5F3N2O3. The molecule has 0 atom stereocenters. The van der Waals surface area contributed by atoms with Gasteiger partial charge < -0.3 is 10.2 Å². The molecule has 1 aromatic heterocycles. The molecule has 8 heteroatoms. The number of hydrogen-bond donors (Lipinski definition) is 2. The summed E-state index contributed by atoms with van der Waals surface area (Å²) in [5.41, 5.74) is -4.91. The molecule has 1 heterocycles. The number of nitrogens with one attached hydrogen (secondary N) is 1. The molecule has 0 amide bonds. The molecule has 17 heavy (non-hydrogen) atoms. The number of hydrogen-bond acceptors (Lipinski definition) is 3. The Morgan fingerprint density at radius 2 is 1.88 bits per heavy atom. The maximum absolute atomic E-state index is 12.6. The van der Waals surface area contributed by atoms with Crippen molar-refractivity contribution in [2.24, 2.45) is 0 Å². The summed E-state index contributed by atoms with van der Waals surface area (Å²) in [6.45, 7) is 0. The first-order valence-electron chi connectivity index (χ1n) is 4.37. The number of alkyl halides is 3. The van der Waals surface area contributed by atoms with Crippen molar-refractivity contribution in [1.82, 2.24) is 9.71 Å². The first-order valence-corrected chi connectivity index (χ1v) is 4.37. The third-order valence-corrected chi connectivity index (χ3v) is 2.19. The molecule has 0 fully saturated rings. The number of H-pyrrole nitrogens is 1. The maximum atomic E-state index is 12.6. The van der Waals surface area contributed by atoms with Gasteiger partial charge in [-0.15, -0.1) is 4.73 Å². The second kappa shape index (κ2) is 3.37. The second-order valence-electron chi connectivity index (χ2n) is 3.27. The van der Waals surface area contributed by atoms with Crippen LogP contribution in [0.3, 0.4) is 0 Å². The standard InChI is InChI=1S/C9H5F3N2O3/c10-9(11,12)4-2-1-3-5-6(4)14(17)8(16)7(15)13-5/h1-3,17H,(H,13,15). The molecular weight excluding hydrogens is 241 g/mol. The molecule has 2 rings (SSSR count). The van der Waals surface area contributed by atoms with Crippen LogP contribution in [-0.2, 0) is 6.18 Å². The van der Waals surface area contributed by atoms with Crippen LogP contribution in [0, 0.1) is 0 Å². The summed E-state index contributed by atoms with van der Waals surface area (Å²) in [5, 5.41) is 9.27. The summed E-state index contributed by atoms with van der Waals surface area (Å²) in [5.74, 6) is 0. The van der Waals surface area contributed by atoms with Gasteiger partial charge in [-0.2, -0.15) is 13.2 Å². The van der Waals surface area contributed by atoms with Crippen LogP contribution in [0.4, 0.5) is 13.2 Å². The van der Waals surface area contributed by atoms with Crippen molar-refractivity contribution in [3.8, 4) is 0 Å². The van der Waals surface area contributed by atoms with E-state index in [1.54, 1.807) is 0 Å². The molecule has 1 aromatic carbocycles. The summed E-state index contributed by atoms with van der Waals surface area (Å²) in [6, 6.07) is 2.91. The number of halogens is 3. The molecule has 0 aliphatic carbocycles. The number of fused-ring (bicyclic) bond motifs is 1. The van der Waals surface area contributed by atoms with E-state index >= 15 is 0 Å². The fourth-order valence-electron chi connectivity index (χ4n) is 1.47. The maximum Gasteiger partial charge on any atom is 0.418 e. The van der Waals surface area contributed by atoms with Crippen molar-refractivity contribution >= 4 is 11.0 Å². The van der Waals surface area contributed by atoms with Crippen LogP contribution in [-0.4, -0.2) is 14.9 Å². The Kier molecular flexibility index (Phi) is 2.23. The van der Waals surface area contributed by atoms with Crippen LogP contribution < -0.4 is 11.1 Å². The van der Waals surface area contributed by atoms with Gasteiger partial charge in [0.2, 0.25) is 0 Å². The molecule has 0 spiro atoms. The van der Waals surface area contributed by atoms with Gasteiger partial charge in [-0.1, -0.05) is 6.07 Å². The van der Waals surface area contributed by atoms with Gasteiger partial charge >= 0.3 is 17.3 Å². The van der Waals surface area contributed by atoms with E-state index in [-0.39, 0.29) is 10.2 Å². The first kappa shape index (κ1) is 11.2. The van der Waals surface area contributed by atoms with E-state index in [0.29, 0.717) is 6.07 Å². The van der Waals surface area contributed by atoms with Gasteiger partial charge in [0, 0.05) is 0 Å². The van der Waals surface area contributed by atoms with E-state index in [1.165, 1.54) is 0 Å². The molecule has 5 nitrogen and oxygen atoms in total. The van der Waals surface area contributed by atoms with Crippen molar-refractivity contribution in [3.63, 3.8) is 0 Å². The van der Waals surface area contributed by atoms with Crippen molar-refractivity contribution in [1.29, 1.82) is 0 Å². The average Bonchev–Trinajstić information content (AvgIpc) is 2.24. The van der Waals surface area contributed by atoms with Crippen molar-refractivity contribution in [3.05, 3.63) is 44.5 Å². The van der Waals surface area contributed by atoms with Crippen LogP contribution in [0.5, 0.6) is 0 Å². The second-order valence-corrected chi connectivity index (χ2v) is 3.27. The van der Waals surface area contributed by atoms with E-state index in [1.807, 2.05) is 4.98 Å². The van der Waals surface area contributed by atoms with E-state index < -0.39 is 28.4 Å². The van der Waals surface area contributed by atoms with Gasteiger partial charge in [0.25, 0.3) is 0 Å². The van der Waals surface area contributed by atoms with Crippen LogP contribution in [0.1, 0.15) is 5.56 Å². The summed E-state index contributed by atoms with van der Waals surface area (Å²) in [7, 11) is 0. The lowest BCUT2D eigenvalue weighted by atomic mass is 10.1. The molecule has 0 radical (unpaired) electrons. The Balaban J connectivity index is 3.05. The topological polar surface area (TPSA) is 75.1 Å². The predicted octanol–water partition coefficient (Wildman–Crippen LogP) is 0.946. The zero-order chi connectivity index (χ0) is 12.8. The van der Waals surface area contributed by atoms with Crippen molar-refractivity contribution in [2.45, 2.75) is 6.18 Å². The largest absolute Gasteiger partial charge is 0.425 e. The highest BCUT2D eigenvalue weighted by Crippen LogP contribution is 2.33. The van der Waals surface area contributed by atoms with E-state index in [4.69, 9.17) is 0 Å². The molecule has 0 saturated carbocycles. The van der Waals surface area contributed by atoms with Crippen LogP contribution >= 0.6 is 0 Å². The minimum Gasteiger partial charge on any atom is -0.425 e. The number of benzene rings is 1. The minimum atomic E-state index is -4.74. The molecule has 0 unspecified atom stereocenters. The van der Waals surface area contributed by atoms with Crippen molar-refractivity contribution in [2.75, 3.05) is 0 Å². The van der Waals surface area contributed by atoms with Gasteiger partial charge in [0.15, 0.2) is 0 Å². The Labute approximate surface area is 90.7 Å². The first-order chi connectivity index (χ1) is 7.82. The van der Waals surface area contributed by atoms with Gasteiger partial charge in [-0.25, -0.2) is 0 Å². The zero-order valence-corrected chi connectivity index (χ0v) is 8.08. The van der Waals surface area contributed by atoms with Crippen LogP contribution in [0.15, 0.2) is 27.8 Å². The number of para-hydroxylation sites is 1. The van der Waals surface area contributed by atoms with Gasteiger partial charge in [0.1, 0.15) is 5.52 Å². The molecule has 90 valence electrons. The van der Waals surface area contributed by atoms with Crippen LogP contribution in [0.25, 0.3) is 11.0 Å². The number of aromatic amines is 1. The Morgan fingerprint density at radius 3 is 2.47 bits per heavy atom. The molecule has 0 aliphatic heterocycles. The van der Waals surface area contributed by atoms with E-state index in [9.17, 15) is 28.0 Å². The smallest absolute Gasteiger partial charge is 0.418 e. The SMILES string of the molecule is O=c1[nH]c2cccc(C(F)(F)F)c2n(O)c1=O. The summed E-state index contributed by atoms with van der Waals surface area (Å²) in [4.78, 5) is 24.0. The quantitative estimate of drug-likeness (QED) is 0.536. The lowest BCUT2D eigenvalue weighted by Gasteiger charge is -2.11. The monoisotopic (exact) mass is 246 g/mol. The highest BCUT2D eigenvalue weighted by molar-refractivity contribution is 5.78. The summed E-state index contributed by atoms with van der Waals surface area (Å²) >= 11 is 0. The van der Waals surface area contributed by atoms with Gasteiger partial charge in [0.05, 0.1) is 11.1 Å². The highest BCUT2D eigenvalue weighted by Gasteiger charge is 2.34. The molecule has 2 N–H and O–H groups in total. The molecule has 0 aliphatic rings. The van der Waals surface area contributed by atoms with Crippen LogP contribution in [0.2, 0.25) is 0 Å². The predicted molar refractivity (Wildman–Crippen MR) is 51.0 cm³/mol. The van der Waals surface area contributed by atoms with Gasteiger partial charge in [-0.3, -0.25) is 9.59 Å². The highest BCUT2D eigenvalue weighted by atomic mass is 19.4. The third kappa shape index (κ3) is 1.67. The Bertz CT molecular complexity index is 699.